The van der Waals surface area contributed by atoms with Crippen molar-refractivity contribution in [2.45, 2.75) is 44.7 Å². The van der Waals surface area contributed by atoms with Gasteiger partial charge in [0.15, 0.2) is 0 Å². The monoisotopic (exact) mass is 209 g/mol. The van der Waals surface area contributed by atoms with Crippen LogP contribution in [0.15, 0.2) is 5.38 Å². The van der Waals surface area contributed by atoms with Gasteiger partial charge in [0.1, 0.15) is 0 Å². The largest absolute Gasteiger partial charge is 0.308 e. The van der Waals surface area contributed by atoms with Gasteiger partial charge in [-0.2, -0.15) is 0 Å². The Balaban J connectivity index is 1.51. The fraction of sp³-hybridized carbons (Fsp3) is 0.800. The highest BCUT2D eigenvalue weighted by Crippen LogP contribution is 2.57. The molecule has 1 unspecified atom stereocenters. The molecule has 2 aliphatic rings. The van der Waals surface area contributed by atoms with Crippen LogP contribution in [0.1, 0.15) is 37.8 Å². The molecule has 0 saturated heterocycles. The second kappa shape index (κ2) is 3.28. The molecule has 3 rings (SSSR count). The van der Waals surface area contributed by atoms with Crippen LogP contribution < -0.4 is 5.32 Å². The molecule has 1 aromatic rings. The zero-order valence-electron chi connectivity index (χ0n) is 8.20. The fourth-order valence-electron chi connectivity index (χ4n) is 2.76. The van der Waals surface area contributed by atoms with Gasteiger partial charge in [0, 0.05) is 18.0 Å². The van der Waals surface area contributed by atoms with E-state index in [1.54, 1.807) is 0 Å². The van der Waals surface area contributed by atoms with Crippen molar-refractivity contribution in [2.24, 2.45) is 5.41 Å². The molecule has 0 amide bonds. The van der Waals surface area contributed by atoms with Crippen LogP contribution in [-0.2, 0) is 6.54 Å². The maximum Gasteiger partial charge on any atom is 0.0893 e. The second-order valence-corrected chi connectivity index (χ2v) is 5.21. The van der Waals surface area contributed by atoms with Crippen LogP contribution in [-0.4, -0.2) is 15.6 Å². The molecule has 14 heavy (non-hydrogen) atoms. The summed E-state index contributed by atoms with van der Waals surface area (Å²) in [6.07, 6.45) is 7.16. The van der Waals surface area contributed by atoms with E-state index < -0.39 is 0 Å². The van der Waals surface area contributed by atoms with Gasteiger partial charge < -0.3 is 5.32 Å². The standard InChI is InChI=1S/C10H15N3S/c1-2-4-10(3-1)5-9(10)11-6-8-7-14-13-12-8/h7,9,11H,1-6H2. The Morgan fingerprint density at radius 1 is 1.50 bits per heavy atom. The fourth-order valence-corrected chi connectivity index (χ4v) is 3.21. The van der Waals surface area contributed by atoms with Gasteiger partial charge in [-0.3, -0.25) is 0 Å². The molecule has 1 heterocycles. The summed E-state index contributed by atoms with van der Waals surface area (Å²) in [6.45, 7) is 0.906. The van der Waals surface area contributed by atoms with E-state index in [2.05, 4.69) is 14.9 Å². The average Bonchev–Trinajstić information content (AvgIpc) is 2.63. The second-order valence-electron chi connectivity index (χ2n) is 4.60. The number of rotatable bonds is 3. The molecule has 1 aromatic heterocycles. The Morgan fingerprint density at radius 2 is 2.36 bits per heavy atom. The molecule has 0 aliphatic heterocycles. The number of nitrogens with zero attached hydrogens (tertiary/aromatic N) is 2. The minimum atomic E-state index is 0.698. The Hall–Kier alpha value is -0.480. The Morgan fingerprint density at radius 3 is 3.07 bits per heavy atom. The maximum atomic E-state index is 4.04. The third kappa shape index (κ3) is 1.46. The normalized spacial score (nSPS) is 28.4. The molecule has 1 atom stereocenters. The molecule has 1 spiro atoms. The van der Waals surface area contributed by atoms with Crippen LogP contribution in [0.2, 0.25) is 0 Å². The molecule has 4 heteroatoms. The van der Waals surface area contributed by atoms with Gasteiger partial charge >= 0.3 is 0 Å². The lowest BCUT2D eigenvalue weighted by molar-refractivity contribution is 0.467. The first kappa shape index (κ1) is 8.80. The molecule has 1 N–H and O–H groups in total. The zero-order valence-corrected chi connectivity index (χ0v) is 9.02. The summed E-state index contributed by atoms with van der Waals surface area (Å²) < 4.78 is 3.86. The quantitative estimate of drug-likeness (QED) is 0.827. The van der Waals surface area contributed by atoms with E-state index in [-0.39, 0.29) is 0 Å². The van der Waals surface area contributed by atoms with Crippen molar-refractivity contribution >= 4 is 11.5 Å². The van der Waals surface area contributed by atoms with Gasteiger partial charge in [0.05, 0.1) is 5.69 Å². The summed E-state index contributed by atoms with van der Waals surface area (Å²) in [7, 11) is 0. The first-order valence-electron chi connectivity index (χ1n) is 5.38. The van der Waals surface area contributed by atoms with E-state index in [1.807, 2.05) is 5.38 Å². The summed E-state index contributed by atoms with van der Waals surface area (Å²) in [5.74, 6) is 0. The molecule has 3 nitrogen and oxygen atoms in total. The Kier molecular flexibility index (Phi) is 2.06. The molecule has 0 radical (unpaired) electrons. The third-order valence-electron chi connectivity index (χ3n) is 3.72. The lowest BCUT2D eigenvalue weighted by atomic mass is 10.1. The molecule has 2 fully saturated rings. The van der Waals surface area contributed by atoms with E-state index in [9.17, 15) is 0 Å². The van der Waals surface area contributed by atoms with E-state index in [0.29, 0.717) is 5.41 Å². The molecule has 2 saturated carbocycles. The summed E-state index contributed by atoms with van der Waals surface area (Å²) in [5, 5.41) is 9.66. The average molecular weight is 209 g/mol. The van der Waals surface area contributed by atoms with Crippen LogP contribution in [0, 0.1) is 5.41 Å². The van der Waals surface area contributed by atoms with Gasteiger partial charge in [-0.1, -0.05) is 17.3 Å². The van der Waals surface area contributed by atoms with Crippen molar-refractivity contribution in [1.29, 1.82) is 0 Å². The van der Waals surface area contributed by atoms with Crippen molar-refractivity contribution in [3.63, 3.8) is 0 Å². The van der Waals surface area contributed by atoms with Gasteiger partial charge in [0.25, 0.3) is 0 Å². The van der Waals surface area contributed by atoms with Crippen LogP contribution in [0.4, 0.5) is 0 Å². The number of aromatic nitrogens is 2. The lowest BCUT2D eigenvalue weighted by Gasteiger charge is -2.08. The molecular weight excluding hydrogens is 194 g/mol. The van der Waals surface area contributed by atoms with Crippen LogP contribution in [0.3, 0.4) is 0 Å². The van der Waals surface area contributed by atoms with Crippen molar-refractivity contribution in [3.8, 4) is 0 Å². The molecule has 0 bridgehead atoms. The van der Waals surface area contributed by atoms with E-state index in [0.717, 1.165) is 18.3 Å². The zero-order chi connectivity index (χ0) is 9.43. The predicted molar refractivity (Wildman–Crippen MR) is 56.1 cm³/mol. The van der Waals surface area contributed by atoms with E-state index in [4.69, 9.17) is 0 Å². The first-order chi connectivity index (χ1) is 6.89. The molecule has 76 valence electrons. The SMILES string of the molecule is c1snnc1CNC1CC12CCCC2. The minimum absolute atomic E-state index is 0.698. The van der Waals surface area contributed by atoms with Crippen LogP contribution in [0.5, 0.6) is 0 Å². The first-order valence-corrected chi connectivity index (χ1v) is 6.22. The number of hydrogen-bond donors (Lipinski definition) is 1. The van der Waals surface area contributed by atoms with Gasteiger partial charge in [0.2, 0.25) is 0 Å². The topological polar surface area (TPSA) is 37.8 Å². The third-order valence-corrected chi connectivity index (χ3v) is 4.28. The highest BCUT2D eigenvalue weighted by atomic mass is 32.1. The Labute approximate surface area is 88.1 Å². The predicted octanol–water partition coefficient (Wildman–Crippen LogP) is 1.96. The van der Waals surface area contributed by atoms with Crippen molar-refractivity contribution in [3.05, 3.63) is 11.1 Å². The van der Waals surface area contributed by atoms with Crippen LogP contribution in [0.25, 0.3) is 0 Å². The van der Waals surface area contributed by atoms with Crippen molar-refractivity contribution in [1.82, 2.24) is 14.9 Å². The van der Waals surface area contributed by atoms with Crippen LogP contribution >= 0.6 is 11.5 Å². The smallest absolute Gasteiger partial charge is 0.0893 e. The van der Waals surface area contributed by atoms with Gasteiger partial charge in [-0.05, 0) is 36.2 Å². The summed E-state index contributed by atoms with van der Waals surface area (Å²) >= 11 is 1.43. The summed E-state index contributed by atoms with van der Waals surface area (Å²) in [4.78, 5) is 0. The highest BCUT2D eigenvalue weighted by molar-refractivity contribution is 7.03. The minimum Gasteiger partial charge on any atom is -0.308 e. The summed E-state index contributed by atoms with van der Waals surface area (Å²) in [5.41, 5.74) is 1.79. The maximum absolute atomic E-state index is 4.04. The Bertz CT molecular complexity index is 303. The van der Waals surface area contributed by atoms with E-state index in [1.165, 1.54) is 43.6 Å². The summed E-state index contributed by atoms with van der Waals surface area (Å²) in [6, 6.07) is 0.770. The lowest BCUT2D eigenvalue weighted by Crippen LogP contribution is -2.21. The number of nitrogens with one attached hydrogen (secondary N) is 1. The van der Waals surface area contributed by atoms with Crippen molar-refractivity contribution in [2.75, 3.05) is 0 Å². The molecule has 0 aromatic carbocycles. The number of hydrogen-bond acceptors (Lipinski definition) is 4. The molecule has 2 aliphatic carbocycles. The van der Waals surface area contributed by atoms with Gasteiger partial charge in [-0.25, -0.2) is 0 Å². The van der Waals surface area contributed by atoms with Gasteiger partial charge in [-0.15, -0.1) is 5.10 Å². The van der Waals surface area contributed by atoms with E-state index >= 15 is 0 Å². The molecular formula is C10H15N3S. The highest BCUT2D eigenvalue weighted by Gasteiger charge is 2.54. The van der Waals surface area contributed by atoms with Crippen molar-refractivity contribution < 1.29 is 0 Å².